The monoisotopic (exact) mass is 406 g/mol. The highest BCUT2D eigenvalue weighted by Gasteiger charge is 2.21. The number of anilines is 1. The third-order valence-corrected chi connectivity index (χ3v) is 5.33. The van der Waals surface area contributed by atoms with Crippen LogP contribution in [-0.4, -0.2) is 19.0 Å². The van der Waals surface area contributed by atoms with E-state index in [1.807, 2.05) is 30.3 Å². The van der Waals surface area contributed by atoms with E-state index in [9.17, 15) is 0 Å². The first-order valence-corrected chi connectivity index (χ1v) is 10.5. The molecule has 0 saturated heterocycles. The van der Waals surface area contributed by atoms with Crippen LogP contribution < -0.4 is 9.64 Å². The van der Waals surface area contributed by atoms with Gasteiger partial charge in [0.25, 0.3) is 0 Å². The average molecular weight is 407 g/mol. The van der Waals surface area contributed by atoms with Gasteiger partial charge in [0.2, 0.25) is 0 Å². The Morgan fingerprint density at radius 3 is 2.55 bits per heavy atom. The van der Waals surface area contributed by atoms with E-state index in [4.69, 9.17) is 16.2 Å². The van der Waals surface area contributed by atoms with Crippen LogP contribution in [0.25, 0.3) is 6.08 Å². The second kappa shape index (κ2) is 9.36. The zero-order valence-electron chi connectivity index (χ0n) is 18.0. The van der Waals surface area contributed by atoms with Gasteiger partial charge in [0.15, 0.2) is 0 Å². The van der Waals surface area contributed by atoms with E-state index in [2.05, 4.69) is 79.4 Å². The van der Waals surface area contributed by atoms with Crippen LogP contribution in [0.1, 0.15) is 42.0 Å². The molecule has 0 bridgehead atoms. The van der Waals surface area contributed by atoms with Crippen LogP contribution in [0.3, 0.4) is 0 Å². The summed E-state index contributed by atoms with van der Waals surface area (Å²) in [6.45, 7) is 5.21. The zero-order chi connectivity index (χ0) is 21.6. The fourth-order valence-corrected chi connectivity index (χ4v) is 3.62. The van der Waals surface area contributed by atoms with Crippen molar-refractivity contribution in [2.24, 2.45) is 4.99 Å². The second-order valence-corrected chi connectivity index (χ2v) is 7.79. The fraction of sp³-hybridized carbons (Fsp3) is 0.179. The van der Waals surface area contributed by atoms with Crippen molar-refractivity contribution in [2.45, 2.75) is 19.8 Å². The maximum Gasteiger partial charge on any atom is 0.148 e. The van der Waals surface area contributed by atoms with E-state index >= 15 is 0 Å². The topological polar surface area (TPSA) is 24.8 Å². The van der Waals surface area contributed by atoms with Crippen molar-refractivity contribution < 1.29 is 4.74 Å². The summed E-state index contributed by atoms with van der Waals surface area (Å²) in [5.41, 5.74) is 6.68. The molecule has 0 N–H and O–H groups in total. The fourth-order valence-electron chi connectivity index (χ4n) is 3.62. The summed E-state index contributed by atoms with van der Waals surface area (Å²) in [6, 6.07) is 25.0. The number of ether oxygens (including phenoxy) is 1. The summed E-state index contributed by atoms with van der Waals surface area (Å²) in [4.78, 5) is 7.08. The van der Waals surface area contributed by atoms with E-state index in [-0.39, 0.29) is 6.61 Å². The van der Waals surface area contributed by atoms with Crippen molar-refractivity contribution in [1.82, 2.24) is 0 Å². The quantitative estimate of drug-likeness (QED) is 0.462. The van der Waals surface area contributed by atoms with Crippen LogP contribution in [-0.2, 0) is 0 Å². The number of aliphatic imine (C=N–C) groups is 1. The van der Waals surface area contributed by atoms with E-state index in [1.165, 1.54) is 5.56 Å². The molecule has 1 aliphatic heterocycles. The molecule has 3 nitrogen and oxygen atoms in total. The molecule has 3 aromatic rings. The van der Waals surface area contributed by atoms with Gasteiger partial charge in [-0.2, -0.15) is 0 Å². The van der Waals surface area contributed by atoms with Gasteiger partial charge < -0.3 is 9.64 Å². The molecule has 0 atom stereocenters. The van der Waals surface area contributed by atoms with E-state index in [0.29, 0.717) is 12.6 Å². The van der Waals surface area contributed by atoms with Crippen molar-refractivity contribution in [3.05, 3.63) is 101 Å². The highest BCUT2D eigenvalue weighted by molar-refractivity contribution is 6.17. The minimum atomic E-state index is 0.242. The molecule has 3 heteroatoms. The first-order chi connectivity index (χ1) is 15.2. The maximum atomic E-state index is 5.69. The number of benzene rings is 3. The number of nitrogens with zero attached hydrogens (tertiary/aromatic N) is 2. The lowest BCUT2D eigenvalue weighted by Crippen LogP contribution is -2.25. The zero-order valence-corrected chi connectivity index (χ0v) is 18.0. The molecular weight excluding hydrogens is 380 g/mol. The Kier molecular flexibility index (Phi) is 6.19. The number of hydrogen-bond acceptors (Lipinski definition) is 3. The maximum absolute atomic E-state index is 5.69. The summed E-state index contributed by atoms with van der Waals surface area (Å²) < 4.78 is 5.69. The van der Waals surface area contributed by atoms with Crippen molar-refractivity contribution in [3.8, 4) is 18.1 Å². The molecule has 0 aromatic heterocycles. The molecule has 0 fully saturated rings. The van der Waals surface area contributed by atoms with Gasteiger partial charge in [-0.3, -0.25) is 4.99 Å². The molecule has 3 aromatic carbocycles. The molecule has 0 saturated carbocycles. The first-order valence-electron chi connectivity index (χ1n) is 10.5. The lowest BCUT2D eigenvalue weighted by molar-refractivity contribution is 0.370. The number of hydrogen-bond donors (Lipinski definition) is 0. The van der Waals surface area contributed by atoms with Crippen LogP contribution in [0.15, 0.2) is 84.0 Å². The van der Waals surface area contributed by atoms with E-state index < -0.39 is 0 Å². The largest absolute Gasteiger partial charge is 0.481 e. The SMILES string of the molecule is C#CCOc1ccc2c(c1)C(c1ccc(C(C)C)cc1)=NCN2/C=C/c1ccccc1. The normalized spacial score (nSPS) is 13.1. The summed E-state index contributed by atoms with van der Waals surface area (Å²) in [5.74, 6) is 3.77. The number of fused-ring (bicyclic) bond motifs is 1. The summed E-state index contributed by atoms with van der Waals surface area (Å²) in [7, 11) is 0. The van der Waals surface area contributed by atoms with Gasteiger partial charge in [0, 0.05) is 17.3 Å². The van der Waals surface area contributed by atoms with Gasteiger partial charge in [0.1, 0.15) is 19.0 Å². The predicted molar refractivity (Wildman–Crippen MR) is 130 cm³/mol. The van der Waals surface area contributed by atoms with Crippen molar-refractivity contribution in [1.29, 1.82) is 0 Å². The van der Waals surface area contributed by atoms with Gasteiger partial charge in [-0.05, 0) is 41.3 Å². The van der Waals surface area contributed by atoms with E-state index in [0.717, 1.165) is 33.8 Å². The van der Waals surface area contributed by atoms with Gasteiger partial charge in [-0.25, -0.2) is 0 Å². The Hall–Kier alpha value is -3.77. The Morgan fingerprint density at radius 1 is 1.06 bits per heavy atom. The molecule has 0 aliphatic carbocycles. The highest BCUT2D eigenvalue weighted by Crippen LogP contribution is 2.32. The van der Waals surface area contributed by atoms with Gasteiger partial charge in [-0.1, -0.05) is 74.4 Å². The summed E-state index contributed by atoms with van der Waals surface area (Å²) >= 11 is 0. The Labute approximate surface area is 184 Å². The minimum Gasteiger partial charge on any atom is -0.481 e. The van der Waals surface area contributed by atoms with Crippen LogP contribution in [0, 0.1) is 12.3 Å². The summed E-state index contributed by atoms with van der Waals surface area (Å²) in [5, 5.41) is 0. The third-order valence-electron chi connectivity index (χ3n) is 5.33. The standard InChI is InChI=1S/C28H26N2O/c1-4-18-31-25-14-15-27-26(19-25)28(24-12-10-23(11-13-24)21(2)3)29-20-30(27)17-16-22-8-6-5-7-9-22/h1,5-17,19,21H,18,20H2,2-3H3/b17-16+. The molecule has 0 unspecified atom stereocenters. The van der Waals surface area contributed by atoms with Crippen LogP contribution >= 0.6 is 0 Å². The first kappa shape index (κ1) is 20.5. The lowest BCUT2D eigenvalue weighted by atomic mass is 9.95. The number of terminal acetylenes is 1. The third kappa shape index (κ3) is 4.70. The molecule has 154 valence electrons. The lowest BCUT2D eigenvalue weighted by Gasteiger charge is -2.28. The Morgan fingerprint density at radius 2 is 1.84 bits per heavy atom. The van der Waals surface area contributed by atoms with Crippen molar-refractivity contribution >= 4 is 17.5 Å². The minimum absolute atomic E-state index is 0.242. The molecule has 0 spiro atoms. The molecule has 4 rings (SSSR count). The van der Waals surface area contributed by atoms with Gasteiger partial charge >= 0.3 is 0 Å². The Balaban J connectivity index is 1.71. The molecule has 1 heterocycles. The van der Waals surface area contributed by atoms with Gasteiger partial charge in [-0.15, -0.1) is 6.42 Å². The van der Waals surface area contributed by atoms with E-state index in [1.54, 1.807) is 0 Å². The molecule has 0 radical (unpaired) electrons. The van der Waals surface area contributed by atoms with Crippen molar-refractivity contribution in [3.63, 3.8) is 0 Å². The van der Waals surface area contributed by atoms with Crippen LogP contribution in [0.2, 0.25) is 0 Å². The highest BCUT2D eigenvalue weighted by atomic mass is 16.5. The second-order valence-electron chi connectivity index (χ2n) is 7.79. The molecule has 1 aliphatic rings. The summed E-state index contributed by atoms with van der Waals surface area (Å²) in [6.07, 6.45) is 9.56. The smallest absolute Gasteiger partial charge is 0.148 e. The molecular formula is C28H26N2O. The molecule has 31 heavy (non-hydrogen) atoms. The van der Waals surface area contributed by atoms with Crippen LogP contribution in [0.4, 0.5) is 5.69 Å². The van der Waals surface area contributed by atoms with Crippen molar-refractivity contribution in [2.75, 3.05) is 18.2 Å². The van der Waals surface area contributed by atoms with Gasteiger partial charge in [0.05, 0.1) is 11.4 Å². The predicted octanol–water partition coefficient (Wildman–Crippen LogP) is 6.11. The average Bonchev–Trinajstić information content (AvgIpc) is 2.81. The molecule has 0 amide bonds. The number of rotatable bonds is 6. The van der Waals surface area contributed by atoms with Crippen LogP contribution in [0.5, 0.6) is 5.75 Å². The Bertz CT molecular complexity index is 1140.